The third-order valence-corrected chi connectivity index (χ3v) is 2.43. The van der Waals surface area contributed by atoms with Crippen LogP contribution in [-0.4, -0.2) is 0 Å². The lowest BCUT2D eigenvalue weighted by molar-refractivity contribution is 0.828. The first-order chi connectivity index (χ1) is 9.36. The molecule has 0 heterocycles. The van der Waals surface area contributed by atoms with Crippen LogP contribution in [0, 0.1) is 35.0 Å². The summed E-state index contributed by atoms with van der Waals surface area (Å²) in [7, 11) is 0. The molecular formula is C18H17N. The van der Waals surface area contributed by atoms with E-state index in [1.165, 1.54) is 6.42 Å². The summed E-state index contributed by atoms with van der Waals surface area (Å²) in [6, 6.07) is 9.87. The smallest absolute Gasteiger partial charge is 0.0669 e. The van der Waals surface area contributed by atoms with Gasteiger partial charge in [0.25, 0.3) is 0 Å². The van der Waals surface area contributed by atoms with E-state index in [0.29, 0.717) is 6.42 Å². The Labute approximate surface area is 116 Å². The minimum atomic E-state index is 0.425. The molecule has 0 saturated heterocycles. The molecule has 1 nitrogen and oxygen atoms in total. The quantitative estimate of drug-likeness (QED) is 0.588. The van der Waals surface area contributed by atoms with Crippen LogP contribution in [0.3, 0.4) is 0 Å². The predicted octanol–water partition coefficient (Wildman–Crippen LogP) is 3.85. The van der Waals surface area contributed by atoms with Gasteiger partial charge >= 0.3 is 0 Å². The maximum absolute atomic E-state index is 8.63. The van der Waals surface area contributed by atoms with Gasteiger partial charge in [0.2, 0.25) is 0 Å². The molecule has 1 rings (SSSR count). The third kappa shape index (κ3) is 6.78. The van der Waals surface area contributed by atoms with Gasteiger partial charge in [0, 0.05) is 12.0 Å². The third-order valence-electron chi connectivity index (χ3n) is 2.43. The second kappa shape index (κ2) is 9.58. The largest absolute Gasteiger partial charge is 0.198 e. The number of unbranched alkanes of at least 4 members (excludes halogenated alkanes) is 2. The van der Waals surface area contributed by atoms with Crippen LogP contribution in [0.15, 0.2) is 36.4 Å². The molecular weight excluding hydrogens is 230 g/mol. The van der Waals surface area contributed by atoms with E-state index < -0.39 is 0 Å². The molecule has 1 heteroatoms. The highest BCUT2D eigenvalue weighted by molar-refractivity contribution is 5.40. The zero-order valence-electron chi connectivity index (χ0n) is 11.2. The number of allylic oxidation sites excluding steroid dienone is 2. The molecule has 0 aliphatic rings. The molecule has 1 aromatic rings. The number of nitrogens with zero attached hydrogens (tertiary/aromatic N) is 1. The van der Waals surface area contributed by atoms with Gasteiger partial charge in [0.1, 0.15) is 0 Å². The van der Waals surface area contributed by atoms with E-state index in [-0.39, 0.29) is 0 Å². The molecule has 0 atom stereocenters. The molecule has 0 spiro atoms. The Hall–Kier alpha value is -2.43. The lowest BCUT2D eigenvalue weighted by Gasteiger charge is -1.94. The van der Waals surface area contributed by atoms with E-state index in [1.54, 1.807) is 12.2 Å². The minimum Gasteiger partial charge on any atom is -0.198 e. The maximum Gasteiger partial charge on any atom is 0.0669 e. The summed E-state index contributed by atoms with van der Waals surface area (Å²) in [5, 5.41) is 8.63. The van der Waals surface area contributed by atoms with E-state index in [4.69, 9.17) is 5.26 Å². The van der Waals surface area contributed by atoms with Gasteiger partial charge in [-0.25, -0.2) is 0 Å². The summed E-state index contributed by atoms with van der Waals surface area (Å²) in [4.78, 5) is 0. The summed E-state index contributed by atoms with van der Waals surface area (Å²) in [5.74, 6) is 12.0. The predicted molar refractivity (Wildman–Crippen MR) is 79.1 cm³/mol. The van der Waals surface area contributed by atoms with Gasteiger partial charge in [-0.15, -0.1) is 0 Å². The van der Waals surface area contributed by atoms with Gasteiger partial charge in [-0.2, -0.15) is 5.26 Å². The standard InChI is InChI=1S/C18H17N/c1-2-3-4-5-6-7-8-9-11-17-12-10-13-18(16-17)14-15-19/h7-8,10,12-13,16H,2-4,14H2,1H3. The Morgan fingerprint density at radius 3 is 2.84 bits per heavy atom. The highest BCUT2D eigenvalue weighted by atomic mass is 14.2. The Kier molecular flexibility index (Phi) is 7.38. The van der Waals surface area contributed by atoms with Crippen molar-refractivity contribution < 1.29 is 0 Å². The molecule has 0 bridgehead atoms. The molecule has 94 valence electrons. The van der Waals surface area contributed by atoms with Gasteiger partial charge < -0.3 is 0 Å². The van der Waals surface area contributed by atoms with E-state index in [0.717, 1.165) is 24.0 Å². The zero-order chi connectivity index (χ0) is 13.8. The molecule has 0 aromatic heterocycles. The number of hydrogen-bond donors (Lipinski definition) is 0. The number of hydrogen-bond acceptors (Lipinski definition) is 1. The topological polar surface area (TPSA) is 23.8 Å². The minimum absolute atomic E-state index is 0.425. The fourth-order valence-electron chi connectivity index (χ4n) is 1.45. The van der Waals surface area contributed by atoms with Crippen molar-refractivity contribution in [3.8, 4) is 29.8 Å². The molecule has 0 unspecified atom stereocenters. The van der Waals surface area contributed by atoms with E-state index in [1.807, 2.05) is 24.3 Å². The average Bonchev–Trinajstić information content (AvgIpc) is 2.43. The molecule has 0 fully saturated rings. The van der Waals surface area contributed by atoms with Crippen molar-refractivity contribution in [3.05, 3.63) is 47.5 Å². The summed E-state index contributed by atoms with van der Waals surface area (Å²) in [6.07, 6.45) is 7.24. The van der Waals surface area contributed by atoms with Gasteiger partial charge in [0.05, 0.1) is 12.5 Å². The zero-order valence-corrected chi connectivity index (χ0v) is 11.2. The van der Waals surface area contributed by atoms with E-state index in [2.05, 4.69) is 36.7 Å². The average molecular weight is 247 g/mol. The summed E-state index contributed by atoms with van der Waals surface area (Å²) in [6.45, 7) is 2.16. The Morgan fingerprint density at radius 2 is 2.05 bits per heavy atom. The second-order valence-corrected chi connectivity index (χ2v) is 4.06. The lowest BCUT2D eigenvalue weighted by atomic mass is 10.1. The fourth-order valence-corrected chi connectivity index (χ4v) is 1.45. The number of nitriles is 1. The SMILES string of the molecule is CCCCC#CC=CC#Cc1cccc(CC#N)c1. The van der Waals surface area contributed by atoms with Crippen molar-refractivity contribution in [2.45, 2.75) is 32.6 Å². The van der Waals surface area contributed by atoms with Crippen molar-refractivity contribution >= 4 is 0 Å². The monoisotopic (exact) mass is 247 g/mol. The van der Waals surface area contributed by atoms with Crippen LogP contribution in [0.5, 0.6) is 0 Å². The molecule has 0 aliphatic carbocycles. The number of rotatable bonds is 3. The first-order valence-corrected chi connectivity index (χ1v) is 6.47. The van der Waals surface area contributed by atoms with Gasteiger partial charge in [-0.05, 0) is 36.3 Å². The molecule has 1 aromatic carbocycles. The maximum atomic E-state index is 8.63. The lowest BCUT2D eigenvalue weighted by Crippen LogP contribution is -1.82. The van der Waals surface area contributed by atoms with Crippen LogP contribution in [0.4, 0.5) is 0 Å². The van der Waals surface area contributed by atoms with E-state index >= 15 is 0 Å². The summed E-state index contributed by atoms with van der Waals surface area (Å²) in [5.41, 5.74) is 1.92. The van der Waals surface area contributed by atoms with Crippen LogP contribution in [-0.2, 0) is 6.42 Å². The Bertz CT molecular complexity index is 580. The van der Waals surface area contributed by atoms with Crippen LogP contribution < -0.4 is 0 Å². The summed E-state index contributed by atoms with van der Waals surface area (Å²) >= 11 is 0. The van der Waals surface area contributed by atoms with Crippen molar-refractivity contribution in [1.29, 1.82) is 5.26 Å². The highest BCUT2D eigenvalue weighted by Gasteiger charge is 1.91. The van der Waals surface area contributed by atoms with Gasteiger partial charge in [0.15, 0.2) is 0 Å². The fraction of sp³-hybridized carbons (Fsp3) is 0.278. The molecule has 19 heavy (non-hydrogen) atoms. The van der Waals surface area contributed by atoms with Gasteiger partial charge in [-0.3, -0.25) is 0 Å². The molecule has 0 aliphatic heterocycles. The molecule has 0 radical (unpaired) electrons. The van der Waals surface area contributed by atoms with Crippen molar-refractivity contribution in [2.24, 2.45) is 0 Å². The molecule has 0 amide bonds. The van der Waals surface area contributed by atoms with Crippen LogP contribution >= 0.6 is 0 Å². The first kappa shape index (κ1) is 14.6. The molecule has 0 N–H and O–H groups in total. The van der Waals surface area contributed by atoms with Crippen molar-refractivity contribution in [1.82, 2.24) is 0 Å². The van der Waals surface area contributed by atoms with Gasteiger partial charge in [-0.1, -0.05) is 49.2 Å². The number of benzene rings is 1. The summed E-state index contributed by atoms with van der Waals surface area (Å²) < 4.78 is 0. The Morgan fingerprint density at radius 1 is 1.21 bits per heavy atom. The van der Waals surface area contributed by atoms with Crippen LogP contribution in [0.25, 0.3) is 0 Å². The second-order valence-electron chi connectivity index (χ2n) is 4.06. The highest BCUT2D eigenvalue weighted by Crippen LogP contribution is 2.04. The normalized spacial score (nSPS) is 9.05. The van der Waals surface area contributed by atoms with E-state index in [9.17, 15) is 0 Å². The van der Waals surface area contributed by atoms with Crippen molar-refractivity contribution in [3.63, 3.8) is 0 Å². The van der Waals surface area contributed by atoms with Crippen LogP contribution in [0.2, 0.25) is 0 Å². The van der Waals surface area contributed by atoms with Crippen LogP contribution in [0.1, 0.15) is 37.3 Å². The molecule has 0 saturated carbocycles. The first-order valence-electron chi connectivity index (χ1n) is 6.47. The van der Waals surface area contributed by atoms with Crippen molar-refractivity contribution in [2.75, 3.05) is 0 Å². The Balaban J connectivity index is 2.53.